The first-order valence-electron chi connectivity index (χ1n) is 13.7. The van der Waals surface area contributed by atoms with Crippen LogP contribution in [-0.2, 0) is 0 Å². The number of hydrogen-bond acceptors (Lipinski definition) is 6. The summed E-state index contributed by atoms with van der Waals surface area (Å²) in [4.78, 5) is 56.5. The van der Waals surface area contributed by atoms with Gasteiger partial charge < -0.3 is 9.80 Å². The summed E-state index contributed by atoms with van der Waals surface area (Å²) in [5.41, 5.74) is 6.18. The van der Waals surface area contributed by atoms with Crippen LogP contribution in [0.15, 0.2) is 121 Å². The molecule has 6 nitrogen and oxygen atoms in total. The zero-order valence-electron chi connectivity index (χ0n) is 22.5. The Morgan fingerprint density at radius 1 is 0.333 bits per heavy atom. The van der Waals surface area contributed by atoms with Crippen molar-refractivity contribution in [2.24, 2.45) is 0 Å². The molecule has 0 atom stereocenters. The van der Waals surface area contributed by atoms with Crippen LogP contribution in [0.5, 0.6) is 0 Å². The molecule has 202 valence electrons. The molecule has 42 heavy (non-hydrogen) atoms. The van der Waals surface area contributed by atoms with Crippen LogP contribution in [0.1, 0.15) is 54.3 Å². The van der Waals surface area contributed by atoms with E-state index < -0.39 is 0 Å². The lowest BCUT2D eigenvalue weighted by atomic mass is 9.94. The molecule has 0 amide bonds. The van der Waals surface area contributed by atoms with E-state index in [1.54, 1.807) is 48.5 Å². The predicted molar refractivity (Wildman–Crippen MR) is 162 cm³/mol. The number of carbonyl (C=O) groups is 4. The molecule has 0 saturated carbocycles. The normalized spacial score (nSPS) is 14.6. The van der Waals surface area contributed by atoms with Crippen molar-refractivity contribution in [3.63, 3.8) is 0 Å². The minimum atomic E-state index is -0.227. The summed E-state index contributed by atoms with van der Waals surface area (Å²) in [6, 6.07) is 37.0. The van der Waals surface area contributed by atoms with Crippen molar-refractivity contribution in [2.45, 2.75) is 12.8 Å². The Morgan fingerprint density at radius 3 is 0.833 bits per heavy atom. The predicted octanol–water partition coefficient (Wildman–Crippen LogP) is 8.16. The SMILES string of the molecule is O=C1CC(=O)c2ccccc2N(c2ccc(N3c4ccccc4C(=O)CC(=O)c4ccccc43)cc2)c2ccccc21. The van der Waals surface area contributed by atoms with Gasteiger partial charge in [0.15, 0.2) is 23.1 Å². The fourth-order valence-electron chi connectivity index (χ4n) is 5.86. The molecule has 0 bridgehead atoms. The first-order chi connectivity index (χ1) is 20.5. The number of nitrogens with zero attached hydrogens (tertiary/aromatic N) is 2. The Kier molecular flexibility index (Phi) is 6.09. The Bertz CT molecular complexity index is 1670. The summed E-state index contributed by atoms with van der Waals surface area (Å²) in [5, 5.41) is 0. The molecule has 0 N–H and O–H groups in total. The molecule has 6 heteroatoms. The molecule has 0 aliphatic carbocycles. The van der Waals surface area contributed by atoms with E-state index in [0.29, 0.717) is 45.0 Å². The van der Waals surface area contributed by atoms with Crippen molar-refractivity contribution in [1.82, 2.24) is 0 Å². The molecule has 0 saturated heterocycles. The second-order valence-corrected chi connectivity index (χ2v) is 10.3. The molecule has 5 aromatic rings. The van der Waals surface area contributed by atoms with Crippen molar-refractivity contribution in [3.8, 4) is 0 Å². The van der Waals surface area contributed by atoms with Crippen molar-refractivity contribution in [3.05, 3.63) is 144 Å². The molecule has 0 spiro atoms. The molecule has 0 fully saturated rings. The topological polar surface area (TPSA) is 74.8 Å². The van der Waals surface area contributed by atoms with E-state index in [-0.39, 0.29) is 36.0 Å². The van der Waals surface area contributed by atoms with Gasteiger partial charge in [0.2, 0.25) is 0 Å². The van der Waals surface area contributed by atoms with E-state index in [2.05, 4.69) is 0 Å². The molecular formula is C36H24N2O4. The zero-order valence-corrected chi connectivity index (χ0v) is 22.5. The Balaban J connectivity index is 1.41. The molecule has 2 aliphatic rings. The smallest absolute Gasteiger partial charge is 0.172 e. The number of fused-ring (bicyclic) bond motifs is 4. The van der Waals surface area contributed by atoms with Gasteiger partial charge in [-0.2, -0.15) is 0 Å². The van der Waals surface area contributed by atoms with Crippen LogP contribution in [0.2, 0.25) is 0 Å². The standard InChI is InChI=1S/C36H24N2O4/c39-33-21-34(40)26-10-2-6-14-30(26)37(29-13-5-1-9-25(29)33)23-17-19-24(20-18-23)38-31-15-7-3-11-27(31)35(41)22-36(42)28-12-4-8-16-32(28)38/h1-20H,21-22H2. The minimum absolute atomic E-state index is 0.188. The Hall–Kier alpha value is -5.62. The summed E-state index contributed by atoms with van der Waals surface area (Å²) < 4.78 is 0. The van der Waals surface area contributed by atoms with E-state index in [9.17, 15) is 19.2 Å². The molecule has 5 aromatic carbocycles. The number of hydrogen-bond donors (Lipinski definition) is 0. The van der Waals surface area contributed by atoms with Crippen molar-refractivity contribution in [2.75, 3.05) is 9.80 Å². The maximum atomic E-state index is 13.2. The van der Waals surface area contributed by atoms with Gasteiger partial charge in [-0.1, -0.05) is 48.5 Å². The van der Waals surface area contributed by atoms with Crippen LogP contribution in [-0.4, -0.2) is 23.1 Å². The van der Waals surface area contributed by atoms with E-state index >= 15 is 0 Å². The quantitative estimate of drug-likeness (QED) is 0.207. The number of anilines is 6. The van der Waals surface area contributed by atoms with E-state index in [0.717, 1.165) is 11.4 Å². The molecule has 2 aliphatic heterocycles. The van der Waals surface area contributed by atoms with Crippen LogP contribution in [0.3, 0.4) is 0 Å². The largest absolute Gasteiger partial charge is 0.309 e. The lowest BCUT2D eigenvalue weighted by Crippen LogP contribution is -2.23. The minimum Gasteiger partial charge on any atom is -0.309 e. The van der Waals surface area contributed by atoms with Gasteiger partial charge in [0.1, 0.15) is 0 Å². The Labute approximate surface area is 242 Å². The number of rotatable bonds is 2. The summed E-state index contributed by atoms with van der Waals surface area (Å²) in [6.07, 6.45) is -0.377. The summed E-state index contributed by atoms with van der Waals surface area (Å²) in [7, 11) is 0. The fraction of sp³-hybridized carbons (Fsp3) is 0.0556. The second kappa shape index (κ2) is 10.1. The zero-order chi connectivity index (χ0) is 28.8. The van der Waals surface area contributed by atoms with Gasteiger partial charge in [-0.25, -0.2) is 0 Å². The van der Waals surface area contributed by atoms with Crippen LogP contribution in [0.4, 0.5) is 34.1 Å². The van der Waals surface area contributed by atoms with Gasteiger partial charge in [-0.3, -0.25) is 19.2 Å². The van der Waals surface area contributed by atoms with Crippen molar-refractivity contribution < 1.29 is 19.2 Å². The number of para-hydroxylation sites is 4. The van der Waals surface area contributed by atoms with Gasteiger partial charge in [0.05, 0.1) is 35.6 Å². The average molecular weight is 549 g/mol. The van der Waals surface area contributed by atoms with Crippen molar-refractivity contribution in [1.29, 1.82) is 0 Å². The number of ketones is 4. The van der Waals surface area contributed by atoms with Crippen LogP contribution in [0.25, 0.3) is 0 Å². The third-order valence-electron chi connectivity index (χ3n) is 7.79. The van der Waals surface area contributed by atoms with Crippen LogP contribution < -0.4 is 9.80 Å². The molecule has 0 radical (unpaired) electrons. The van der Waals surface area contributed by atoms with Crippen LogP contribution in [0, 0.1) is 0 Å². The third-order valence-corrected chi connectivity index (χ3v) is 7.79. The van der Waals surface area contributed by atoms with Crippen LogP contribution >= 0.6 is 0 Å². The summed E-state index contributed by atoms with van der Waals surface area (Å²) in [6.45, 7) is 0. The van der Waals surface area contributed by atoms with E-state index in [4.69, 9.17) is 0 Å². The number of carbonyl (C=O) groups excluding carboxylic acids is 4. The summed E-state index contributed by atoms with van der Waals surface area (Å²) in [5.74, 6) is -0.908. The monoisotopic (exact) mass is 548 g/mol. The highest BCUT2D eigenvalue weighted by atomic mass is 16.2. The van der Waals surface area contributed by atoms with Gasteiger partial charge >= 0.3 is 0 Å². The molecule has 7 rings (SSSR count). The lowest BCUT2D eigenvalue weighted by molar-refractivity contribution is 0.0878. The lowest BCUT2D eigenvalue weighted by Gasteiger charge is -2.32. The molecular weight excluding hydrogens is 524 g/mol. The Morgan fingerprint density at radius 2 is 0.571 bits per heavy atom. The molecule has 0 aromatic heterocycles. The fourth-order valence-corrected chi connectivity index (χ4v) is 5.86. The first-order valence-corrected chi connectivity index (χ1v) is 13.7. The highest BCUT2D eigenvalue weighted by Gasteiger charge is 2.30. The number of benzene rings is 5. The van der Waals surface area contributed by atoms with Gasteiger partial charge in [0, 0.05) is 33.6 Å². The van der Waals surface area contributed by atoms with Crippen molar-refractivity contribution >= 4 is 57.3 Å². The van der Waals surface area contributed by atoms with E-state index in [1.807, 2.05) is 82.6 Å². The van der Waals surface area contributed by atoms with Gasteiger partial charge in [-0.05, 0) is 72.8 Å². The van der Waals surface area contributed by atoms with E-state index in [1.165, 1.54) is 0 Å². The van der Waals surface area contributed by atoms with Gasteiger partial charge in [-0.15, -0.1) is 0 Å². The average Bonchev–Trinajstić information content (AvgIpc) is 3.02. The summed E-state index contributed by atoms with van der Waals surface area (Å²) >= 11 is 0. The maximum Gasteiger partial charge on any atom is 0.172 e. The second-order valence-electron chi connectivity index (χ2n) is 10.3. The highest BCUT2D eigenvalue weighted by molar-refractivity contribution is 6.21. The molecule has 0 unspecified atom stereocenters. The maximum absolute atomic E-state index is 13.2. The third kappa shape index (κ3) is 4.12. The first kappa shape index (κ1) is 25.4. The highest BCUT2D eigenvalue weighted by Crippen LogP contribution is 2.44. The molecule has 2 heterocycles. The van der Waals surface area contributed by atoms with Gasteiger partial charge in [0.25, 0.3) is 0 Å². The number of Topliss-reactive ketones (excluding diaryl/α,β-unsaturated/α-hetero) is 4.